The van der Waals surface area contributed by atoms with E-state index in [-0.39, 0.29) is 25.2 Å². The first-order valence-electron chi connectivity index (χ1n) is 18.7. The van der Waals surface area contributed by atoms with Gasteiger partial charge in [-0.15, -0.1) is 0 Å². The molecule has 7 N–H and O–H groups in total. The van der Waals surface area contributed by atoms with Crippen LogP contribution in [-0.2, 0) is 39.9 Å². The van der Waals surface area contributed by atoms with Crippen LogP contribution in [0.1, 0.15) is 105 Å². The van der Waals surface area contributed by atoms with Crippen molar-refractivity contribution < 1.29 is 43.7 Å². The van der Waals surface area contributed by atoms with Crippen molar-refractivity contribution in [1.29, 1.82) is 0 Å². The van der Waals surface area contributed by atoms with Crippen LogP contribution in [-0.4, -0.2) is 94.7 Å². The molecular formula is C38H61N5O9. The molecule has 1 unspecified atom stereocenters. The molecule has 0 saturated carbocycles. The van der Waals surface area contributed by atoms with Crippen LogP contribution in [0.15, 0.2) is 30.3 Å². The summed E-state index contributed by atoms with van der Waals surface area (Å²) >= 11 is 0. The number of rotatable bonds is 14. The van der Waals surface area contributed by atoms with Gasteiger partial charge in [0.05, 0.1) is 19.1 Å². The number of unbranched alkanes of at least 4 members (excludes halogenated alkanes) is 4. The summed E-state index contributed by atoms with van der Waals surface area (Å²) in [5, 5.41) is 33.6. The van der Waals surface area contributed by atoms with Gasteiger partial charge in [-0.25, -0.2) is 4.79 Å². The lowest BCUT2D eigenvalue weighted by Crippen LogP contribution is -2.62. The van der Waals surface area contributed by atoms with Crippen molar-refractivity contribution in [2.75, 3.05) is 6.61 Å². The van der Waals surface area contributed by atoms with Gasteiger partial charge in [0.2, 0.25) is 29.5 Å². The third-order valence-corrected chi connectivity index (χ3v) is 9.24. The van der Waals surface area contributed by atoms with Gasteiger partial charge in [0.1, 0.15) is 36.3 Å². The molecule has 1 fully saturated rings. The second kappa shape index (κ2) is 22.8. The maximum atomic E-state index is 14.0. The van der Waals surface area contributed by atoms with E-state index in [9.17, 15) is 39.0 Å². The van der Waals surface area contributed by atoms with Gasteiger partial charge in [-0.05, 0) is 43.6 Å². The average Bonchev–Trinajstić information content (AvgIpc) is 3.09. The highest BCUT2D eigenvalue weighted by Gasteiger charge is 2.36. The number of cyclic esters (lactones) is 1. The number of ether oxygens (including phenoxy) is 1. The molecule has 1 aliphatic heterocycles. The fraction of sp³-hybridized carbons (Fsp3) is 0.684. The molecule has 1 heterocycles. The van der Waals surface area contributed by atoms with Gasteiger partial charge in [0.15, 0.2) is 0 Å². The first-order valence-corrected chi connectivity index (χ1v) is 18.7. The maximum absolute atomic E-state index is 14.0. The van der Waals surface area contributed by atoms with Crippen LogP contribution in [0.3, 0.4) is 0 Å². The Labute approximate surface area is 308 Å². The van der Waals surface area contributed by atoms with Crippen molar-refractivity contribution in [2.45, 2.75) is 148 Å². The summed E-state index contributed by atoms with van der Waals surface area (Å²) in [4.78, 5) is 81.7. The highest BCUT2D eigenvalue weighted by atomic mass is 16.5. The number of esters is 1. The zero-order valence-electron chi connectivity index (χ0n) is 31.6. The molecule has 2 rings (SSSR count). The predicted octanol–water partition coefficient (Wildman–Crippen LogP) is 1.79. The molecule has 1 saturated heterocycles. The molecule has 1 aromatic carbocycles. The molecular weight excluding hydrogens is 670 g/mol. The van der Waals surface area contributed by atoms with Crippen LogP contribution in [0.2, 0.25) is 0 Å². The topological polar surface area (TPSA) is 212 Å². The normalized spacial score (nSPS) is 25.6. The monoisotopic (exact) mass is 731 g/mol. The van der Waals surface area contributed by atoms with Crippen LogP contribution in [0.4, 0.5) is 0 Å². The minimum atomic E-state index is -1.59. The number of amides is 5. The van der Waals surface area contributed by atoms with Gasteiger partial charge in [-0.3, -0.25) is 24.0 Å². The summed E-state index contributed by atoms with van der Waals surface area (Å²) in [6.07, 6.45) is 3.15. The smallest absolute Gasteiger partial charge is 0.329 e. The predicted molar refractivity (Wildman–Crippen MR) is 195 cm³/mol. The number of carbonyl (C=O) groups excluding carboxylic acids is 6. The quantitative estimate of drug-likeness (QED) is 0.110. The molecule has 292 valence electrons. The first kappa shape index (κ1) is 44.1. The van der Waals surface area contributed by atoms with E-state index in [1.54, 1.807) is 37.3 Å². The minimum Gasteiger partial charge on any atom is -0.460 e. The third kappa shape index (κ3) is 14.9. The average molecular weight is 732 g/mol. The van der Waals surface area contributed by atoms with E-state index in [0.717, 1.165) is 25.7 Å². The van der Waals surface area contributed by atoms with Crippen molar-refractivity contribution in [3.63, 3.8) is 0 Å². The van der Waals surface area contributed by atoms with Gasteiger partial charge >= 0.3 is 5.97 Å². The van der Waals surface area contributed by atoms with Crippen molar-refractivity contribution in [1.82, 2.24) is 26.6 Å². The van der Waals surface area contributed by atoms with Crippen molar-refractivity contribution in [2.24, 2.45) is 11.8 Å². The largest absolute Gasteiger partial charge is 0.460 e. The Morgan fingerprint density at radius 1 is 0.731 bits per heavy atom. The van der Waals surface area contributed by atoms with Crippen LogP contribution >= 0.6 is 0 Å². The minimum absolute atomic E-state index is 0.00822. The van der Waals surface area contributed by atoms with Gasteiger partial charge in [-0.2, -0.15) is 0 Å². The van der Waals surface area contributed by atoms with E-state index < -0.39 is 90.4 Å². The van der Waals surface area contributed by atoms with E-state index in [1.807, 2.05) is 20.8 Å². The summed E-state index contributed by atoms with van der Waals surface area (Å²) in [6.45, 7) is 9.86. The number of nitrogens with one attached hydrogen (secondary N) is 5. The molecule has 14 nitrogen and oxygen atoms in total. The highest BCUT2D eigenvalue weighted by molar-refractivity contribution is 5.96. The number of aliphatic hydroxyl groups excluding tert-OH is 2. The van der Waals surface area contributed by atoms with Crippen LogP contribution in [0.25, 0.3) is 0 Å². The molecule has 0 bridgehead atoms. The zero-order valence-corrected chi connectivity index (χ0v) is 31.6. The second-order valence-electron chi connectivity index (χ2n) is 14.3. The van der Waals surface area contributed by atoms with E-state index in [2.05, 4.69) is 33.5 Å². The van der Waals surface area contributed by atoms with Crippen LogP contribution in [0.5, 0.6) is 0 Å². The Morgan fingerprint density at radius 3 is 1.92 bits per heavy atom. The number of aliphatic hydroxyl groups is 2. The maximum Gasteiger partial charge on any atom is 0.329 e. The Morgan fingerprint density at radius 2 is 1.33 bits per heavy atom. The third-order valence-electron chi connectivity index (χ3n) is 9.24. The fourth-order valence-electron chi connectivity index (χ4n) is 5.95. The van der Waals surface area contributed by atoms with Crippen LogP contribution in [0, 0.1) is 11.8 Å². The van der Waals surface area contributed by atoms with E-state index in [1.165, 1.54) is 6.92 Å². The second-order valence-corrected chi connectivity index (χ2v) is 14.3. The van der Waals surface area contributed by atoms with E-state index >= 15 is 0 Å². The summed E-state index contributed by atoms with van der Waals surface area (Å²) in [6, 6.07) is 2.26. The Bertz CT molecular complexity index is 1310. The molecule has 0 radical (unpaired) electrons. The molecule has 0 aliphatic carbocycles. The number of carbonyl (C=O) groups is 6. The Hall–Kier alpha value is -4.04. The molecule has 5 amide bonds. The summed E-state index contributed by atoms with van der Waals surface area (Å²) in [5.74, 6) is -5.04. The molecule has 0 spiro atoms. The van der Waals surface area contributed by atoms with Crippen molar-refractivity contribution in [3.8, 4) is 0 Å². The highest BCUT2D eigenvalue weighted by Crippen LogP contribution is 2.18. The molecule has 52 heavy (non-hydrogen) atoms. The Kier molecular flexibility index (Phi) is 19.3. The summed E-state index contributed by atoms with van der Waals surface area (Å²) < 4.78 is 5.97. The molecule has 1 aliphatic rings. The van der Waals surface area contributed by atoms with Gasteiger partial charge in [-0.1, -0.05) is 97.1 Å². The lowest BCUT2D eigenvalue weighted by Gasteiger charge is -2.29. The molecule has 14 heteroatoms. The van der Waals surface area contributed by atoms with Gasteiger partial charge < -0.3 is 41.5 Å². The lowest BCUT2D eigenvalue weighted by molar-refractivity contribution is -0.156. The SMILES string of the molecule is CCCCCCC[C@@H]1CC(=O)N[C@@H](CC(C)C)C(=O)N[C@@H](CO)C(=O)N[C@@H]([C@H](C)O)C(=O)N[C@H](Cc2ccccc2)C(=O)N[C@H](C(C)CC)C(=O)O1. The van der Waals surface area contributed by atoms with Crippen molar-refractivity contribution in [3.05, 3.63) is 35.9 Å². The van der Waals surface area contributed by atoms with Gasteiger partial charge in [0, 0.05) is 6.42 Å². The fourth-order valence-corrected chi connectivity index (χ4v) is 5.95. The first-order chi connectivity index (χ1) is 24.7. The zero-order chi connectivity index (χ0) is 38.8. The van der Waals surface area contributed by atoms with E-state index in [0.29, 0.717) is 24.8 Å². The van der Waals surface area contributed by atoms with Crippen LogP contribution < -0.4 is 26.6 Å². The lowest BCUT2D eigenvalue weighted by atomic mass is 9.97. The van der Waals surface area contributed by atoms with Crippen molar-refractivity contribution >= 4 is 35.5 Å². The molecule has 0 aromatic heterocycles. The summed E-state index contributed by atoms with van der Waals surface area (Å²) in [7, 11) is 0. The Balaban J connectivity index is 2.60. The van der Waals surface area contributed by atoms with E-state index in [4.69, 9.17) is 4.74 Å². The number of hydrogen-bond acceptors (Lipinski definition) is 9. The number of benzene rings is 1. The summed E-state index contributed by atoms with van der Waals surface area (Å²) in [5.41, 5.74) is 0.690. The number of hydrogen-bond donors (Lipinski definition) is 7. The van der Waals surface area contributed by atoms with Gasteiger partial charge in [0.25, 0.3) is 0 Å². The standard InChI is InChI=1S/C38H61N5O9/c1-7-9-10-11-15-18-27-21-31(46)39-28(19-23(3)4)34(47)41-30(22-44)36(49)43-33(25(6)45)37(50)40-29(20-26-16-13-12-14-17-26)35(48)42-32(24(5)8-2)38(51)52-27/h12-14,16-17,23-25,27-30,32-33,44-45H,7-11,15,18-22H2,1-6H3,(H,39,46)(H,40,50)(H,41,47)(H,42,48)(H,43,49)/t24?,25-,27+,28-,29+,30-,32+,33-/m0/s1. The molecule has 8 atom stereocenters. The molecule has 1 aromatic rings.